The van der Waals surface area contributed by atoms with Crippen LogP contribution in [-0.2, 0) is 30.6 Å². The van der Waals surface area contributed by atoms with Crippen molar-refractivity contribution in [1.29, 1.82) is 0 Å². The Balaban J connectivity index is 1.57. The number of esters is 1. The number of anilines is 1. The highest BCUT2D eigenvalue weighted by Gasteiger charge is 2.31. The SMILES string of the molecule is Cc1cc(NC(=O)COC(=O)Cc2cccs2)n(C2CCS(=O)(=O)C2)n1. The monoisotopic (exact) mass is 397 g/mol. The Labute approximate surface area is 155 Å². The molecular weight excluding hydrogens is 378 g/mol. The average molecular weight is 397 g/mol. The van der Waals surface area contributed by atoms with Crippen molar-refractivity contribution in [1.82, 2.24) is 9.78 Å². The predicted molar refractivity (Wildman–Crippen MR) is 96.9 cm³/mol. The minimum atomic E-state index is -3.07. The molecule has 0 radical (unpaired) electrons. The van der Waals surface area contributed by atoms with Crippen molar-refractivity contribution in [2.75, 3.05) is 23.4 Å². The number of nitrogens with zero attached hydrogens (tertiary/aromatic N) is 2. The Kier molecular flexibility index (Phi) is 5.42. The van der Waals surface area contributed by atoms with E-state index in [0.717, 1.165) is 4.88 Å². The van der Waals surface area contributed by atoms with Crippen LogP contribution in [0.1, 0.15) is 23.0 Å². The van der Waals surface area contributed by atoms with Crippen LogP contribution in [0.4, 0.5) is 5.82 Å². The zero-order valence-electron chi connectivity index (χ0n) is 14.2. The van der Waals surface area contributed by atoms with Crippen LogP contribution >= 0.6 is 11.3 Å². The molecule has 1 N–H and O–H groups in total. The fraction of sp³-hybridized carbons (Fsp3) is 0.438. The van der Waals surface area contributed by atoms with Crippen LogP contribution in [-0.4, -0.2) is 48.2 Å². The number of aryl methyl sites for hydroxylation is 1. The summed E-state index contributed by atoms with van der Waals surface area (Å²) in [7, 11) is -3.07. The Bertz CT molecular complexity index is 902. The number of thiophene rings is 1. The van der Waals surface area contributed by atoms with E-state index in [1.807, 2.05) is 17.5 Å². The van der Waals surface area contributed by atoms with Gasteiger partial charge in [0.25, 0.3) is 5.91 Å². The van der Waals surface area contributed by atoms with Gasteiger partial charge in [-0.1, -0.05) is 6.07 Å². The minimum absolute atomic E-state index is 0.00674. The van der Waals surface area contributed by atoms with Gasteiger partial charge in [0, 0.05) is 10.9 Å². The van der Waals surface area contributed by atoms with Gasteiger partial charge in [-0.3, -0.25) is 9.59 Å². The molecule has 0 bridgehead atoms. The summed E-state index contributed by atoms with van der Waals surface area (Å²) in [5, 5.41) is 8.79. The van der Waals surface area contributed by atoms with E-state index in [0.29, 0.717) is 17.9 Å². The maximum absolute atomic E-state index is 12.1. The van der Waals surface area contributed by atoms with E-state index in [1.165, 1.54) is 16.0 Å². The van der Waals surface area contributed by atoms with Crippen LogP contribution in [0.25, 0.3) is 0 Å². The maximum Gasteiger partial charge on any atom is 0.311 e. The van der Waals surface area contributed by atoms with Gasteiger partial charge in [-0.2, -0.15) is 5.10 Å². The Morgan fingerprint density at radius 1 is 1.46 bits per heavy atom. The zero-order chi connectivity index (χ0) is 18.7. The molecule has 3 rings (SSSR count). The van der Waals surface area contributed by atoms with E-state index < -0.39 is 28.3 Å². The molecule has 8 nitrogen and oxygen atoms in total. The standard InChI is InChI=1S/C16H19N3O5S2/c1-11-7-14(19(18-11)12-4-6-26(22,23)10-12)17-15(20)9-24-16(21)8-13-3-2-5-25-13/h2-3,5,7,12H,4,6,8-10H2,1H3,(H,17,20). The molecule has 1 amide bonds. The second-order valence-electron chi connectivity index (χ2n) is 6.14. The maximum atomic E-state index is 12.1. The van der Waals surface area contributed by atoms with Crippen LogP contribution in [0.5, 0.6) is 0 Å². The zero-order valence-corrected chi connectivity index (χ0v) is 15.8. The number of nitrogens with one attached hydrogen (secondary N) is 1. The number of rotatable bonds is 6. The molecule has 0 spiro atoms. The lowest BCUT2D eigenvalue weighted by Crippen LogP contribution is -2.24. The van der Waals surface area contributed by atoms with E-state index in [9.17, 15) is 18.0 Å². The molecule has 2 aromatic heterocycles. The van der Waals surface area contributed by atoms with Crippen molar-refractivity contribution in [3.05, 3.63) is 34.2 Å². The highest BCUT2D eigenvalue weighted by Crippen LogP contribution is 2.27. The molecule has 1 unspecified atom stereocenters. The fourth-order valence-corrected chi connectivity index (χ4v) is 5.17. The third-order valence-electron chi connectivity index (χ3n) is 3.94. The molecule has 2 aromatic rings. The Morgan fingerprint density at radius 2 is 2.27 bits per heavy atom. The number of carbonyl (C=O) groups excluding carboxylic acids is 2. The smallest absolute Gasteiger partial charge is 0.311 e. The molecule has 1 aliphatic heterocycles. The number of ether oxygens (including phenoxy) is 1. The lowest BCUT2D eigenvalue weighted by atomic mass is 10.3. The van der Waals surface area contributed by atoms with E-state index in [4.69, 9.17) is 4.74 Å². The number of hydrogen-bond acceptors (Lipinski definition) is 7. The van der Waals surface area contributed by atoms with Gasteiger partial charge in [0.2, 0.25) is 0 Å². The molecule has 0 aliphatic carbocycles. The van der Waals surface area contributed by atoms with Gasteiger partial charge in [-0.25, -0.2) is 13.1 Å². The largest absolute Gasteiger partial charge is 0.455 e. The summed E-state index contributed by atoms with van der Waals surface area (Å²) in [5.74, 6) is -0.443. The third-order valence-corrected chi connectivity index (χ3v) is 6.57. The van der Waals surface area contributed by atoms with Crippen LogP contribution in [0.2, 0.25) is 0 Å². The van der Waals surface area contributed by atoms with Crippen molar-refractivity contribution in [2.24, 2.45) is 0 Å². The minimum Gasteiger partial charge on any atom is -0.455 e. The molecule has 1 aliphatic rings. The van der Waals surface area contributed by atoms with Crippen LogP contribution in [0.3, 0.4) is 0 Å². The first-order chi connectivity index (χ1) is 12.3. The summed E-state index contributed by atoms with van der Waals surface area (Å²) in [6.07, 6.45) is 0.587. The van der Waals surface area contributed by atoms with Gasteiger partial charge in [-0.15, -0.1) is 11.3 Å². The molecule has 0 saturated carbocycles. The molecule has 1 atom stereocenters. The number of hydrogen-bond donors (Lipinski definition) is 1. The summed E-state index contributed by atoms with van der Waals surface area (Å²) < 4.78 is 29.9. The average Bonchev–Trinajstić information content (AvgIpc) is 3.26. The molecular formula is C16H19N3O5S2. The van der Waals surface area contributed by atoms with Gasteiger partial charge in [0.15, 0.2) is 16.4 Å². The van der Waals surface area contributed by atoms with Crippen molar-refractivity contribution in [3.8, 4) is 0 Å². The first-order valence-corrected chi connectivity index (χ1v) is 10.8. The lowest BCUT2D eigenvalue weighted by molar-refractivity contribution is -0.146. The number of carbonyl (C=O) groups is 2. The first-order valence-electron chi connectivity index (χ1n) is 8.07. The van der Waals surface area contributed by atoms with E-state index in [2.05, 4.69) is 10.4 Å². The van der Waals surface area contributed by atoms with E-state index in [-0.39, 0.29) is 24.0 Å². The van der Waals surface area contributed by atoms with Crippen molar-refractivity contribution in [3.63, 3.8) is 0 Å². The van der Waals surface area contributed by atoms with Gasteiger partial charge in [-0.05, 0) is 24.8 Å². The third kappa shape index (κ3) is 4.70. The summed E-state index contributed by atoms with van der Waals surface area (Å²) in [6.45, 7) is 1.36. The Morgan fingerprint density at radius 3 is 2.92 bits per heavy atom. The molecule has 3 heterocycles. The highest BCUT2D eigenvalue weighted by atomic mass is 32.2. The summed E-state index contributed by atoms with van der Waals surface area (Å²) in [6, 6.07) is 5.02. The van der Waals surface area contributed by atoms with Crippen LogP contribution in [0, 0.1) is 6.92 Å². The molecule has 0 aromatic carbocycles. The summed E-state index contributed by atoms with van der Waals surface area (Å²) in [5.41, 5.74) is 0.666. The van der Waals surface area contributed by atoms with E-state index in [1.54, 1.807) is 13.0 Å². The molecule has 26 heavy (non-hydrogen) atoms. The second-order valence-corrected chi connectivity index (χ2v) is 9.40. The number of amides is 1. The van der Waals surface area contributed by atoms with Crippen molar-refractivity contribution < 1.29 is 22.7 Å². The quantitative estimate of drug-likeness (QED) is 0.737. The Hall–Kier alpha value is -2.20. The highest BCUT2D eigenvalue weighted by molar-refractivity contribution is 7.91. The summed E-state index contributed by atoms with van der Waals surface area (Å²) >= 11 is 1.44. The van der Waals surface area contributed by atoms with Gasteiger partial charge < -0.3 is 10.1 Å². The lowest BCUT2D eigenvalue weighted by Gasteiger charge is -2.13. The van der Waals surface area contributed by atoms with E-state index >= 15 is 0 Å². The molecule has 10 heteroatoms. The van der Waals surface area contributed by atoms with Crippen LogP contribution in [0.15, 0.2) is 23.6 Å². The molecule has 140 valence electrons. The summed E-state index contributed by atoms with van der Waals surface area (Å²) in [4.78, 5) is 24.7. The van der Waals surface area contributed by atoms with Gasteiger partial charge >= 0.3 is 5.97 Å². The molecule has 1 saturated heterocycles. The van der Waals surface area contributed by atoms with Gasteiger partial charge in [0.1, 0.15) is 5.82 Å². The first kappa shape index (κ1) is 18.6. The van der Waals surface area contributed by atoms with Crippen molar-refractivity contribution in [2.45, 2.75) is 25.8 Å². The predicted octanol–water partition coefficient (Wildman–Crippen LogP) is 1.34. The second kappa shape index (κ2) is 7.58. The van der Waals surface area contributed by atoms with Gasteiger partial charge in [0.05, 0.1) is 29.7 Å². The fourth-order valence-electron chi connectivity index (χ4n) is 2.79. The van der Waals surface area contributed by atoms with Crippen LogP contribution < -0.4 is 5.32 Å². The van der Waals surface area contributed by atoms with Crippen molar-refractivity contribution >= 4 is 38.9 Å². The molecule has 1 fully saturated rings. The number of aromatic nitrogens is 2. The number of sulfone groups is 1. The topological polar surface area (TPSA) is 107 Å². The normalized spacial score (nSPS) is 18.6.